The second-order valence-electron chi connectivity index (χ2n) is 9.05. The first-order valence-corrected chi connectivity index (χ1v) is 11.7. The molecule has 3 amide bonds. The van der Waals surface area contributed by atoms with Gasteiger partial charge < -0.3 is 14.8 Å². The minimum atomic E-state index is -0.682. The van der Waals surface area contributed by atoms with Crippen LogP contribution < -0.4 is 14.8 Å². The van der Waals surface area contributed by atoms with E-state index in [0.717, 1.165) is 17.7 Å². The van der Waals surface area contributed by atoms with Crippen LogP contribution in [0.25, 0.3) is 0 Å². The van der Waals surface area contributed by atoms with Crippen molar-refractivity contribution in [3.05, 3.63) is 66.2 Å². The highest BCUT2D eigenvalue weighted by molar-refractivity contribution is 6.07. The lowest BCUT2D eigenvalue weighted by molar-refractivity contribution is -0.144. The third kappa shape index (κ3) is 3.85. The summed E-state index contributed by atoms with van der Waals surface area (Å²) in [5, 5.41) is 2.89. The topological polar surface area (TPSA) is 84.9 Å². The Labute approximate surface area is 198 Å². The molecule has 34 heavy (non-hydrogen) atoms. The van der Waals surface area contributed by atoms with E-state index >= 15 is 0 Å². The summed E-state index contributed by atoms with van der Waals surface area (Å²) in [4.78, 5) is 41.3. The summed E-state index contributed by atoms with van der Waals surface area (Å²) in [6.45, 7) is 2.47. The normalized spacial score (nSPS) is 25.4. The number of amides is 3. The van der Waals surface area contributed by atoms with E-state index in [1.807, 2.05) is 19.1 Å². The van der Waals surface area contributed by atoms with Crippen molar-refractivity contribution >= 4 is 23.4 Å². The maximum Gasteiger partial charge on any atom is 0.234 e. The van der Waals surface area contributed by atoms with Gasteiger partial charge in [-0.05, 0) is 67.1 Å². The molecule has 176 valence electrons. The van der Waals surface area contributed by atoms with E-state index in [4.69, 9.17) is 9.47 Å². The van der Waals surface area contributed by atoms with Crippen molar-refractivity contribution in [2.45, 2.75) is 25.8 Å². The van der Waals surface area contributed by atoms with Crippen LogP contribution in [-0.2, 0) is 14.4 Å². The summed E-state index contributed by atoms with van der Waals surface area (Å²) in [5.41, 5.74) is 1.35. The largest absolute Gasteiger partial charge is 0.497 e. The van der Waals surface area contributed by atoms with Crippen molar-refractivity contribution in [2.75, 3.05) is 19.0 Å². The third-order valence-corrected chi connectivity index (χ3v) is 7.14. The number of ether oxygens (including phenoxy) is 2. The van der Waals surface area contributed by atoms with Crippen LogP contribution in [0.1, 0.15) is 31.4 Å². The molecule has 1 aliphatic heterocycles. The van der Waals surface area contributed by atoms with Crippen LogP contribution in [0.3, 0.4) is 0 Å². The summed E-state index contributed by atoms with van der Waals surface area (Å²) in [6, 6.07) is 13.6. The molecule has 1 saturated carbocycles. The number of nitrogens with one attached hydrogen (secondary N) is 1. The molecule has 5 atom stereocenters. The highest BCUT2D eigenvalue weighted by Crippen LogP contribution is 2.54. The molecule has 7 heteroatoms. The molecule has 1 N–H and O–H groups in total. The summed E-state index contributed by atoms with van der Waals surface area (Å²) in [7, 11) is 1.58. The van der Waals surface area contributed by atoms with Gasteiger partial charge in [-0.3, -0.25) is 19.3 Å². The number of methoxy groups -OCH3 is 1. The van der Waals surface area contributed by atoms with E-state index in [2.05, 4.69) is 17.5 Å². The van der Waals surface area contributed by atoms with Crippen LogP contribution in [0, 0.1) is 23.7 Å². The van der Waals surface area contributed by atoms with Gasteiger partial charge in [-0.1, -0.05) is 24.3 Å². The first-order chi connectivity index (χ1) is 16.5. The number of imide groups is 1. The summed E-state index contributed by atoms with van der Waals surface area (Å²) in [5.74, 6) is 0.400. The number of carbonyl (C=O) groups is 3. The van der Waals surface area contributed by atoms with Crippen molar-refractivity contribution in [1.29, 1.82) is 0 Å². The van der Waals surface area contributed by atoms with Gasteiger partial charge in [-0.2, -0.15) is 0 Å². The Morgan fingerprint density at radius 3 is 2.12 bits per heavy atom. The molecule has 7 nitrogen and oxygen atoms in total. The highest BCUT2D eigenvalue weighted by Gasteiger charge is 2.60. The molecule has 1 saturated heterocycles. The molecule has 0 spiro atoms. The minimum Gasteiger partial charge on any atom is -0.497 e. The second-order valence-corrected chi connectivity index (χ2v) is 9.05. The van der Waals surface area contributed by atoms with Gasteiger partial charge in [0, 0.05) is 5.69 Å². The fraction of sp³-hybridized carbons (Fsp3) is 0.370. The molecule has 2 aliphatic carbocycles. The quantitative estimate of drug-likeness (QED) is 0.476. The second kappa shape index (κ2) is 8.97. The highest BCUT2D eigenvalue weighted by atomic mass is 16.5. The van der Waals surface area contributed by atoms with Crippen LogP contribution in [0.5, 0.6) is 11.5 Å². The zero-order valence-electron chi connectivity index (χ0n) is 19.3. The Balaban J connectivity index is 1.39. The lowest BCUT2D eigenvalue weighted by Gasteiger charge is -2.28. The number of fused-ring (bicyclic) bond motifs is 5. The van der Waals surface area contributed by atoms with E-state index in [1.54, 1.807) is 43.5 Å². The standard InChI is InChI=1S/C27H28N2O5/c1-3-34-21-12-8-19(9-13-21)28-23(30)15-22(16-6-10-20(33-2)11-7-16)29-26(31)24-17-4-5-18(14-17)25(24)27(29)32/h4-13,17-18,22,24-25H,3,14-15H2,1-2H3,(H,28,30). The first kappa shape index (κ1) is 22.2. The maximum atomic E-state index is 13.5. The Morgan fingerprint density at radius 2 is 1.56 bits per heavy atom. The molecule has 2 aromatic carbocycles. The molecule has 2 bridgehead atoms. The molecule has 1 heterocycles. The van der Waals surface area contributed by atoms with Gasteiger partial charge in [-0.25, -0.2) is 0 Å². The lowest BCUT2D eigenvalue weighted by Crippen LogP contribution is -2.38. The molecule has 5 unspecified atom stereocenters. The lowest BCUT2D eigenvalue weighted by atomic mass is 9.85. The van der Waals surface area contributed by atoms with Crippen LogP contribution in [0.2, 0.25) is 0 Å². The molecule has 2 fully saturated rings. The van der Waals surface area contributed by atoms with Crippen molar-refractivity contribution < 1.29 is 23.9 Å². The van der Waals surface area contributed by atoms with E-state index in [1.165, 1.54) is 4.90 Å². The van der Waals surface area contributed by atoms with Gasteiger partial charge in [-0.15, -0.1) is 0 Å². The Kier molecular flexibility index (Phi) is 5.86. The van der Waals surface area contributed by atoms with E-state index in [-0.39, 0.29) is 47.8 Å². The van der Waals surface area contributed by atoms with Crippen molar-refractivity contribution in [3.8, 4) is 11.5 Å². The molecule has 5 rings (SSSR count). The van der Waals surface area contributed by atoms with Gasteiger partial charge in [0.05, 0.1) is 38.0 Å². The smallest absolute Gasteiger partial charge is 0.234 e. The van der Waals surface area contributed by atoms with Crippen molar-refractivity contribution in [2.24, 2.45) is 23.7 Å². The average molecular weight is 461 g/mol. The van der Waals surface area contributed by atoms with E-state index in [9.17, 15) is 14.4 Å². The first-order valence-electron chi connectivity index (χ1n) is 11.7. The molecule has 0 aromatic heterocycles. The van der Waals surface area contributed by atoms with Gasteiger partial charge in [0.15, 0.2) is 0 Å². The van der Waals surface area contributed by atoms with Crippen LogP contribution in [-0.4, -0.2) is 36.3 Å². The summed E-state index contributed by atoms with van der Waals surface area (Å²) < 4.78 is 10.7. The maximum absolute atomic E-state index is 13.5. The number of nitrogens with zero attached hydrogens (tertiary/aromatic N) is 1. The third-order valence-electron chi connectivity index (χ3n) is 7.14. The fourth-order valence-corrected chi connectivity index (χ4v) is 5.61. The molecule has 0 radical (unpaired) electrons. The minimum absolute atomic E-state index is 0.0285. The van der Waals surface area contributed by atoms with Crippen molar-refractivity contribution in [1.82, 2.24) is 4.90 Å². The number of benzene rings is 2. The molecular formula is C27H28N2O5. The fourth-order valence-electron chi connectivity index (χ4n) is 5.61. The number of carbonyl (C=O) groups excluding carboxylic acids is 3. The number of hydrogen-bond donors (Lipinski definition) is 1. The van der Waals surface area contributed by atoms with E-state index in [0.29, 0.717) is 18.0 Å². The number of rotatable bonds is 8. The van der Waals surface area contributed by atoms with Crippen LogP contribution >= 0.6 is 0 Å². The van der Waals surface area contributed by atoms with E-state index < -0.39 is 6.04 Å². The number of anilines is 1. The summed E-state index contributed by atoms with van der Waals surface area (Å²) >= 11 is 0. The van der Waals surface area contributed by atoms with Gasteiger partial charge >= 0.3 is 0 Å². The Hall–Kier alpha value is -3.61. The predicted molar refractivity (Wildman–Crippen MR) is 126 cm³/mol. The Morgan fingerprint density at radius 1 is 0.971 bits per heavy atom. The number of likely N-dealkylation sites (tertiary alicyclic amines) is 1. The SMILES string of the molecule is CCOc1ccc(NC(=O)CC(c2ccc(OC)cc2)N2C(=O)C3C4C=CC(C4)C3C2=O)cc1. The van der Waals surface area contributed by atoms with Crippen molar-refractivity contribution in [3.63, 3.8) is 0 Å². The zero-order valence-corrected chi connectivity index (χ0v) is 19.3. The molecule has 2 aromatic rings. The van der Waals surface area contributed by atoms with Gasteiger partial charge in [0.25, 0.3) is 0 Å². The van der Waals surface area contributed by atoms with Crippen LogP contribution in [0.15, 0.2) is 60.7 Å². The monoisotopic (exact) mass is 460 g/mol. The average Bonchev–Trinajstić information content (AvgIpc) is 3.53. The Bertz CT molecular complexity index is 1090. The van der Waals surface area contributed by atoms with Gasteiger partial charge in [0.1, 0.15) is 11.5 Å². The zero-order chi connectivity index (χ0) is 23.8. The predicted octanol–water partition coefficient (Wildman–Crippen LogP) is 3.97. The molecule has 3 aliphatic rings. The molecular weight excluding hydrogens is 432 g/mol. The number of allylic oxidation sites excluding steroid dienone is 2. The number of hydrogen-bond acceptors (Lipinski definition) is 5. The van der Waals surface area contributed by atoms with Gasteiger partial charge in [0.2, 0.25) is 17.7 Å². The van der Waals surface area contributed by atoms with Crippen LogP contribution in [0.4, 0.5) is 5.69 Å². The summed E-state index contributed by atoms with van der Waals surface area (Å²) in [6.07, 6.45) is 4.98.